The number of amides is 1. The third-order valence-electron chi connectivity index (χ3n) is 7.38. The number of hydrogen-bond donors (Lipinski definition) is 4. The van der Waals surface area contributed by atoms with Gasteiger partial charge in [0.15, 0.2) is 0 Å². The predicted octanol–water partition coefficient (Wildman–Crippen LogP) is 5.57. The van der Waals surface area contributed by atoms with Gasteiger partial charge in [0, 0.05) is 55.2 Å². The molecule has 1 aliphatic carbocycles. The molecule has 2 aromatic carbocycles. The first-order chi connectivity index (χ1) is 18.6. The van der Waals surface area contributed by atoms with Crippen LogP contribution in [0.1, 0.15) is 78.2 Å². The van der Waals surface area contributed by atoms with E-state index in [1.54, 1.807) is 12.4 Å². The van der Waals surface area contributed by atoms with E-state index >= 15 is 0 Å². The fraction of sp³-hybridized carbons (Fsp3) is 0.367. The molecule has 1 fully saturated rings. The molecule has 1 amide bonds. The summed E-state index contributed by atoms with van der Waals surface area (Å²) in [7, 11) is 0. The lowest BCUT2D eigenvalue weighted by Crippen LogP contribution is -2.30. The van der Waals surface area contributed by atoms with Crippen LogP contribution in [0.5, 0.6) is 0 Å². The third kappa shape index (κ3) is 6.96. The normalized spacial score (nSPS) is 15.0. The largest absolute Gasteiger partial charge is 0.348 e. The second-order valence-electron chi connectivity index (χ2n) is 10.2. The topological polar surface area (TPSA) is 102 Å². The molecule has 0 saturated heterocycles. The summed E-state index contributed by atoms with van der Waals surface area (Å²) in [4.78, 5) is 30.4. The number of H-pyrrole nitrogens is 2. The lowest BCUT2D eigenvalue weighted by molar-refractivity contribution is 0.102. The molecule has 1 unspecified atom stereocenters. The molecule has 198 valence electrons. The van der Waals surface area contributed by atoms with Crippen LogP contribution in [0.2, 0.25) is 0 Å². The highest BCUT2D eigenvalue weighted by atomic mass is 16.1. The molecular weight excluding hydrogens is 474 g/mol. The smallest absolute Gasteiger partial charge is 0.255 e. The monoisotopic (exact) mass is 511 g/mol. The molecule has 0 bridgehead atoms. The lowest BCUT2D eigenvalue weighted by Gasteiger charge is -2.27. The number of aromatic nitrogens is 4. The first kappa shape index (κ1) is 25.9. The van der Waals surface area contributed by atoms with Crippen molar-refractivity contribution in [3.8, 4) is 0 Å². The van der Waals surface area contributed by atoms with Crippen LogP contribution in [-0.4, -0.2) is 36.8 Å². The zero-order valence-corrected chi connectivity index (χ0v) is 22.0. The van der Waals surface area contributed by atoms with Crippen LogP contribution < -0.4 is 10.6 Å². The summed E-state index contributed by atoms with van der Waals surface area (Å²) in [5.41, 5.74) is 3.79. The molecule has 1 atom stereocenters. The molecule has 1 saturated carbocycles. The number of carbonyl (C=O) groups is 1. The summed E-state index contributed by atoms with van der Waals surface area (Å²) in [5, 5.41) is 6.69. The Hall–Kier alpha value is -3.75. The molecule has 4 aromatic rings. The molecule has 8 heteroatoms. The number of nitrogens with zero attached hydrogens (tertiary/aromatic N) is 3. The van der Waals surface area contributed by atoms with E-state index in [2.05, 4.69) is 54.5 Å². The Morgan fingerprint density at radius 3 is 2.32 bits per heavy atom. The molecule has 1 aliphatic rings. The number of benzene rings is 2. The zero-order chi connectivity index (χ0) is 26.2. The van der Waals surface area contributed by atoms with Crippen molar-refractivity contribution in [2.24, 2.45) is 0 Å². The van der Waals surface area contributed by atoms with Crippen LogP contribution in [0.25, 0.3) is 0 Å². The number of imidazole rings is 2. The summed E-state index contributed by atoms with van der Waals surface area (Å²) in [5.74, 6) is 1.69. The van der Waals surface area contributed by atoms with E-state index in [1.165, 1.54) is 37.7 Å². The van der Waals surface area contributed by atoms with Gasteiger partial charge in [-0.1, -0.05) is 43.5 Å². The maximum atomic E-state index is 12.9. The molecule has 0 radical (unpaired) electrons. The summed E-state index contributed by atoms with van der Waals surface area (Å²) < 4.78 is 0. The van der Waals surface area contributed by atoms with E-state index in [9.17, 15) is 4.79 Å². The maximum absolute atomic E-state index is 12.9. The van der Waals surface area contributed by atoms with Gasteiger partial charge in [-0.15, -0.1) is 0 Å². The number of aromatic amines is 2. The Kier molecular flexibility index (Phi) is 8.63. The van der Waals surface area contributed by atoms with Gasteiger partial charge >= 0.3 is 0 Å². The molecule has 0 spiro atoms. The fourth-order valence-corrected chi connectivity index (χ4v) is 5.06. The highest BCUT2D eigenvalue weighted by Crippen LogP contribution is 2.22. The Labute approximate surface area is 224 Å². The molecule has 2 aromatic heterocycles. The van der Waals surface area contributed by atoms with Crippen molar-refractivity contribution in [1.29, 1.82) is 0 Å². The average Bonchev–Trinajstić information content (AvgIpc) is 3.68. The number of carbonyl (C=O) groups excluding carboxylic acids is 1. The van der Waals surface area contributed by atoms with Gasteiger partial charge in [0.1, 0.15) is 11.6 Å². The van der Waals surface area contributed by atoms with Gasteiger partial charge in [-0.05, 0) is 55.2 Å². The standard InChI is InChI=1S/C30H37N7O/c1-22(29-33-17-18-34-29)37(21-28-31-15-16-32-28)20-24-7-11-25(12-8-24)30(38)36-27-13-9-23(10-14-27)19-35-26-5-3-2-4-6-26/h7-18,22,26,35H,2-6,19-21H2,1H3,(H,31,32)(H,33,34)(H,36,38). The van der Waals surface area contributed by atoms with Crippen molar-refractivity contribution >= 4 is 11.6 Å². The van der Waals surface area contributed by atoms with E-state index < -0.39 is 0 Å². The van der Waals surface area contributed by atoms with Crippen molar-refractivity contribution in [3.63, 3.8) is 0 Å². The molecule has 5 rings (SSSR count). The van der Waals surface area contributed by atoms with Gasteiger partial charge in [0.2, 0.25) is 0 Å². The minimum Gasteiger partial charge on any atom is -0.348 e. The van der Waals surface area contributed by atoms with Gasteiger partial charge in [-0.2, -0.15) is 0 Å². The van der Waals surface area contributed by atoms with E-state index in [0.717, 1.165) is 29.4 Å². The van der Waals surface area contributed by atoms with E-state index in [4.69, 9.17) is 0 Å². The van der Waals surface area contributed by atoms with Gasteiger partial charge in [-0.25, -0.2) is 9.97 Å². The fourth-order valence-electron chi connectivity index (χ4n) is 5.06. The van der Waals surface area contributed by atoms with Crippen LogP contribution in [0.3, 0.4) is 0 Å². The number of anilines is 1. The van der Waals surface area contributed by atoms with Gasteiger partial charge in [0.05, 0.1) is 12.6 Å². The van der Waals surface area contributed by atoms with Crippen molar-refractivity contribution in [2.45, 2.75) is 70.7 Å². The summed E-state index contributed by atoms with van der Waals surface area (Å²) >= 11 is 0. The average molecular weight is 512 g/mol. The predicted molar refractivity (Wildman–Crippen MR) is 149 cm³/mol. The van der Waals surface area contributed by atoms with Crippen molar-refractivity contribution in [1.82, 2.24) is 30.2 Å². The van der Waals surface area contributed by atoms with Crippen LogP contribution >= 0.6 is 0 Å². The second kappa shape index (κ2) is 12.7. The first-order valence-corrected chi connectivity index (χ1v) is 13.6. The van der Waals surface area contributed by atoms with Crippen LogP contribution in [0.4, 0.5) is 5.69 Å². The minimum atomic E-state index is -0.110. The van der Waals surface area contributed by atoms with Crippen LogP contribution in [0, 0.1) is 0 Å². The SMILES string of the molecule is CC(c1ncc[nH]1)N(Cc1ccc(C(=O)Nc2ccc(CNC3CCCCC3)cc2)cc1)Cc1ncc[nH]1. The number of rotatable bonds is 11. The molecule has 0 aliphatic heterocycles. The van der Waals surface area contributed by atoms with Crippen LogP contribution in [-0.2, 0) is 19.6 Å². The summed E-state index contributed by atoms with van der Waals surface area (Å²) in [6.07, 6.45) is 13.8. The summed E-state index contributed by atoms with van der Waals surface area (Å²) in [6.45, 7) is 4.35. The van der Waals surface area contributed by atoms with E-state index in [-0.39, 0.29) is 11.9 Å². The van der Waals surface area contributed by atoms with Crippen molar-refractivity contribution in [2.75, 3.05) is 5.32 Å². The minimum absolute atomic E-state index is 0.0684. The lowest BCUT2D eigenvalue weighted by atomic mass is 9.95. The van der Waals surface area contributed by atoms with Crippen LogP contribution in [0.15, 0.2) is 73.3 Å². The van der Waals surface area contributed by atoms with Gasteiger partial charge in [-0.3, -0.25) is 9.69 Å². The third-order valence-corrected chi connectivity index (χ3v) is 7.38. The Bertz CT molecular complexity index is 1250. The second-order valence-corrected chi connectivity index (χ2v) is 10.2. The number of nitrogens with one attached hydrogen (secondary N) is 4. The Balaban J connectivity index is 1.16. The van der Waals surface area contributed by atoms with Crippen molar-refractivity contribution in [3.05, 3.63) is 102 Å². The molecule has 8 nitrogen and oxygen atoms in total. The Morgan fingerprint density at radius 1 is 0.921 bits per heavy atom. The highest BCUT2D eigenvalue weighted by Gasteiger charge is 2.20. The van der Waals surface area contributed by atoms with E-state index in [1.807, 2.05) is 48.8 Å². The summed E-state index contributed by atoms with van der Waals surface area (Å²) in [6, 6.07) is 16.6. The first-order valence-electron chi connectivity index (χ1n) is 13.6. The molecular formula is C30H37N7O. The van der Waals surface area contributed by atoms with E-state index in [0.29, 0.717) is 24.7 Å². The van der Waals surface area contributed by atoms with Gasteiger partial charge < -0.3 is 20.6 Å². The van der Waals surface area contributed by atoms with Gasteiger partial charge in [0.25, 0.3) is 5.91 Å². The molecule has 4 N–H and O–H groups in total. The quantitative estimate of drug-likeness (QED) is 0.211. The number of hydrogen-bond acceptors (Lipinski definition) is 5. The zero-order valence-electron chi connectivity index (χ0n) is 22.0. The molecule has 2 heterocycles. The Morgan fingerprint density at radius 2 is 1.63 bits per heavy atom. The molecule has 38 heavy (non-hydrogen) atoms. The van der Waals surface area contributed by atoms with Crippen molar-refractivity contribution < 1.29 is 4.79 Å². The highest BCUT2D eigenvalue weighted by molar-refractivity contribution is 6.04. The maximum Gasteiger partial charge on any atom is 0.255 e.